The van der Waals surface area contributed by atoms with Crippen molar-refractivity contribution in [2.45, 2.75) is 37.5 Å². The molecule has 0 saturated carbocycles. The molecule has 4 heterocycles. The highest BCUT2D eigenvalue weighted by molar-refractivity contribution is 7.20. The number of benzene rings is 2. The van der Waals surface area contributed by atoms with E-state index in [4.69, 9.17) is 33.7 Å². The number of furan rings is 1. The average molecular weight is 552 g/mol. The maximum Gasteiger partial charge on any atom is 0.414 e. The van der Waals surface area contributed by atoms with Crippen molar-refractivity contribution in [2.24, 2.45) is 0 Å². The molecule has 3 N–H and O–H groups in total. The summed E-state index contributed by atoms with van der Waals surface area (Å²) in [5.41, 5.74) is 2.23. The highest BCUT2D eigenvalue weighted by Gasteiger charge is 2.38. The van der Waals surface area contributed by atoms with Crippen LogP contribution in [0.3, 0.4) is 0 Å². The standard InChI is InChI=1S/C27H27NO4S.C2H2O4/c1-30-23-4-3-7-26-22(23)14-27(33-26)17-12-18-8-9-19(13-17)28(18)15-20(29)16-32-25-6-2-5-24-21(25)10-11-31-24;3-1(4)2(5)6/h2-7,10-12,14,18-20,29H,8-9,13,15-16H2,1H3;(H,3,4)(H,5,6)/t18?,19?,20-;/m0./s1. The molecule has 3 atom stereocenters. The van der Waals surface area contributed by atoms with Gasteiger partial charge in [0.05, 0.1) is 18.8 Å². The molecule has 2 aromatic heterocycles. The summed E-state index contributed by atoms with van der Waals surface area (Å²) in [6, 6.07) is 17.0. The van der Waals surface area contributed by atoms with E-state index < -0.39 is 18.0 Å². The lowest BCUT2D eigenvalue weighted by Gasteiger charge is -2.35. The first-order valence-electron chi connectivity index (χ1n) is 12.6. The van der Waals surface area contributed by atoms with Gasteiger partial charge < -0.3 is 29.2 Å². The molecule has 0 aliphatic carbocycles. The van der Waals surface area contributed by atoms with E-state index in [2.05, 4.69) is 29.2 Å². The van der Waals surface area contributed by atoms with Crippen LogP contribution < -0.4 is 9.47 Å². The number of carboxylic acid groups (broad SMARTS) is 2. The number of aliphatic hydroxyl groups excluding tert-OH is 1. The second-order valence-corrected chi connectivity index (χ2v) is 10.6. The van der Waals surface area contributed by atoms with Crippen LogP contribution in [0, 0.1) is 0 Å². The molecule has 0 amide bonds. The molecule has 2 aliphatic rings. The van der Waals surface area contributed by atoms with E-state index in [0.29, 0.717) is 18.6 Å². The van der Waals surface area contributed by atoms with E-state index in [1.54, 1.807) is 13.4 Å². The number of aliphatic carboxylic acids is 2. The third-order valence-electron chi connectivity index (χ3n) is 7.09. The Morgan fingerprint density at radius 1 is 1.08 bits per heavy atom. The summed E-state index contributed by atoms with van der Waals surface area (Å²) in [5.74, 6) is -1.96. The topological polar surface area (TPSA) is 130 Å². The van der Waals surface area contributed by atoms with Gasteiger partial charge in [0.25, 0.3) is 0 Å². The fourth-order valence-corrected chi connectivity index (χ4v) is 6.44. The Bertz CT molecular complexity index is 1510. The number of carbonyl (C=O) groups is 2. The third-order valence-corrected chi connectivity index (χ3v) is 8.27. The van der Waals surface area contributed by atoms with Gasteiger partial charge in [-0.3, -0.25) is 4.90 Å². The van der Waals surface area contributed by atoms with Crippen LogP contribution in [0.15, 0.2) is 65.3 Å². The highest BCUT2D eigenvalue weighted by atomic mass is 32.1. The predicted molar refractivity (Wildman–Crippen MR) is 147 cm³/mol. The number of aliphatic hydroxyl groups is 1. The van der Waals surface area contributed by atoms with Crippen molar-refractivity contribution in [3.8, 4) is 11.5 Å². The molecule has 39 heavy (non-hydrogen) atoms. The van der Waals surface area contributed by atoms with Gasteiger partial charge >= 0.3 is 11.9 Å². The quantitative estimate of drug-likeness (QED) is 0.275. The summed E-state index contributed by atoms with van der Waals surface area (Å²) in [6.45, 7) is 0.896. The van der Waals surface area contributed by atoms with Gasteiger partial charge in [-0.15, -0.1) is 11.3 Å². The van der Waals surface area contributed by atoms with E-state index in [9.17, 15) is 5.11 Å². The Kier molecular flexibility index (Phi) is 7.87. The minimum absolute atomic E-state index is 0.271. The summed E-state index contributed by atoms with van der Waals surface area (Å²) >= 11 is 1.84. The SMILES string of the molecule is COc1cccc2sc(C3=CC4CCC(C3)N4C[C@H](O)COc3cccc4occc34)cc12.O=C(O)C(=O)O. The number of methoxy groups -OCH3 is 1. The van der Waals surface area contributed by atoms with E-state index in [1.165, 1.54) is 27.0 Å². The Morgan fingerprint density at radius 3 is 2.59 bits per heavy atom. The first-order chi connectivity index (χ1) is 18.8. The second-order valence-electron chi connectivity index (χ2n) is 9.54. The minimum Gasteiger partial charge on any atom is -0.496 e. The zero-order valence-corrected chi connectivity index (χ0v) is 22.1. The lowest BCUT2D eigenvalue weighted by Crippen LogP contribution is -2.44. The van der Waals surface area contributed by atoms with E-state index >= 15 is 0 Å². The maximum atomic E-state index is 10.8. The summed E-state index contributed by atoms with van der Waals surface area (Å²) in [6.07, 6.45) is 6.87. The molecule has 10 heteroatoms. The molecule has 0 spiro atoms. The number of thiophene rings is 1. The van der Waals surface area contributed by atoms with Gasteiger partial charge in [-0.2, -0.15) is 0 Å². The molecule has 2 bridgehead atoms. The van der Waals surface area contributed by atoms with Gasteiger partial charge in [0.15, 0.2) is 0 Å². The van der Waals surface area contributed by atoms with E-state index in [-0.39, 0.29) is 6.61 Å². The van der Waals surface area contributed by atoms with Gasteiger partial charge in [0, 0.05) is 33.6 Å². The monoisotopic (exact) mass is 551 g/mol. The Labute approximate surface area is 228 Å². The molecule has 204 valence electrons. The number of hydrogen-bond acceptors (Lipinski definition) is 8. The van der Waals surface area contributed by atoms with Crippen LogP contribution in [-0.4, -0.2) is 70.6 Å². The lowest BCUT2D eigenvalue weighted by molar-refractivity contribution is -0.159. The smallest absolute Gasteiger partial charge is 0.414 e. The number of ether oxygens (including phenoxy) is 2. The van der Waals surface area contributed by atoms with Crippen LogP contribution in [0.2, 0.25) is 0 Å². The number of carboxylic acids is 2. The van der Waals surface area contributed by atoms with Crippen molar-refractivity contribution in [3.63, 3.8) is 0 Å². The van der Waals surface area contributed by atoms with Gasteiger partial charge in [-0.05, 0) is 61.2 Å². The molecule has 0 radical (unpaired) electrons. The van der Waals surface area contributed by atoms with E-state index in [1.807, 2.05) is 41.7 Å². The highest BCUT2D eigenvalue weighted by Crippen LogP contribution is 2.43. The molecule has 2 aromatic carbocycles. The van der Waals surface area contributed by atoms with Crippen molar-refractivity contribution in [3.05, 3.63) is 65.7 Å². The van der Waals surface area contributed by atoms with Crippen LogP contribution >= 0.6 is 11.3 Å². The minimum atomic E-state index is -1.82. The molecule has 2 aliphatic heterocycles. The number of hydrogen-bond donors (Lipinski definition) is 3. The molecule has 4 aromatic rings. The third kappa shape index (κ3) is 5.78. The van der Waals surface area contributed by atoms with Crippen molar-refractivity contribution in [1.82, 2.24) is 4.90 Å². The molecule has 6 rings (SSSR count). The van der Waals surface area contributed by atoms with Crippen LogP contribution in [-0.2, 0) is 9.59 Å². The summed E-state index contributed by atoms with van der Waals surface area (Å²) in [7, 11) is 1.73. The van der Waals surface area contributed by atoms with Crippen molar-refractivity contribution in [2.75, 3.05) is 20.3 Å². The number of fused-ring (bicyclic) bond motifs is 4. The number of nitrogens with zero attached hydrogens (tertiary/aromatic N) is 1. The second kappa shape index (κ2) is 11.5. The fraction of sp³-hybridized carbons (Fsp3) is 0.310. The van der Waals surface area contributed by atoms with Gasteiger partial charge in [-0.25, -0.2) is 9.59 Å². The largest absolute Gasteiger partial charge is 0.496 e. The summed E-state index contributed by atoms with van der Waals surface area (Å²) in [4.78, 5) is 22.0. The van der Waals surface area contributed by atoms with Gasteiger partial charge in [0.1, 0.15) is 29.8 Å². The van der Waals surface area contributed by atoms with Crippen LogP contribution in [0.5, 0.6) is 11.5 Å². The first kappa shape index (κ1) is 26.7. The van der Waals surface area contributed by atoms with Crippen LogP contribution in [0.25, 0.3) is 26.6 Å². The summed E-state index contributed by atoms with van der Waals surface area (Å²) in [5, 5.41) is 27.7. The Morgan fingerprint density at radius 2 is 1.85 bits per heavy atom. The maximum absolute atomic E-state index is 10.8. The molecular formula is C29H29NO8S. The predicted octanol–water partition coefficient (Wildman–Crippen LogP) is 4.87. The zero-order valence-electron chi connectivity index (χ0n) is 21.3. The molecule has 9 nitrogen and oxygen atoms in total. The molecule has 2 unspecified atom stereocenters. The molecule has 1 fully saturated rings. The Balaban J connectivity index is 0.000000465. The first-order valence-corrected chi connectivity index (χ1v) is 13.4. The van der Waals surface area contributed by atoms with Crippen molar-refractivity contribution in [1.29, 1.82) is 0 Å². The van der Waals surface area contributed by atoms with Crippen molar-refractivity contribution < 1.29 is 38.8 Å². The molecular weight excluding hydrogens is 522 g/mol. The van der Waals surface area contributed by atoms with Crippen LogP contribution in [0.1, 0.15) is 24.1 Å². The van der Waals surface area contributed by atoms with Crippen molar-refractivity contribution >= 4 is 49.9 Å². The average Bonchev–Trinajstić information content (AvgIpc) is 3.63. The van der Waals surface area contributed by atoms with E-state index in [0.717, 1.165) is 35.3 Å². The lowest BCUT2D eigenvalue weighted by atomic mass is 9.99. The van der Waals surface area contributed by atoms with Gasteiger partial charge in [-0.1, -0.05) is 18.2 Å². The fourth-order valence-electron chi connectivity index (χ4n) is 5.33. The van der Waals surface area contributed by atoms with Gasteiger partial charge in [0.2, 0.25) is 0 Å². The summed E-state index contributed by atoms with van der Waals surface area (Å²) < 4.78 is 18.2. The normalized spacial score (nSPS) is 19.3. The molecule has 1 saturated heterocycles. The number of rotatable bonds is 7. The zero-order chi connectivity index (χ0) is 27.5. The van der Waals surface area contributed by atoms with Crippen LogP contribution in [0.4, 0.5) is 0 Å². The Hall–Kier alpha value is -3.86.